The van der Waals surface area contributed by atoms with E-state index >= 15 is 0 Å². The normalized spacial score (nSPS) is 10.6. The van der Waals surface area contributed by atoms with E-state index in [4.69, 9.17) is 4.74 Å². The molecule has 17 heavy (non-hydrogen) atoms. The number of hydrogen-bond donors (Lipinski definition) is 1. The maximum Gasteiger partial charge on any atom is 0.0813 e. The van der Waals surface area contributed by atoms with Gasteiger partial charge < -0.3 is 10.1 Å². The molecule has 2 aromatic rings. The summed E-state index contributed by atoms with van der Waals surface area (Å²) in [6.07, 6.45) is 0. The van der Waals surface area contributed by atoms with Crippen molar-refractivity contribution in [3.8, 4) is 0 Å². The maximum absolute atomic E-state index is 5.73. The molecule has 0 saturated carbocycles. The molecule has 0 aliphatic heterocycles. The van der Waals surface area contributed by atoms with Crippen molar-refractivity contribution in [3.63, 3.8) is 0 Å². The van der Waals surface area contributed by atoms with Crippen molar-refractivity contribution in [2.75, 3.05) is 7.05 Å². The predicted octanol–water partition coefficient (Wildman–Crippen LogP) is 3.18. The van der Waals surface area contributed by atoms with Crippen molar-refractivity contribution in [1.82, 2.24) is 5.32 Å². The van der Waals surface area contributed by atoms with Crippen molar-refractivity contribution in [2.45, 2.75) is 19.8 Å². The molecule has 0 atom stereocenters. The highest BCUT2D eigenvalue weighted by molar-refractivity contribution is 7.09. The van der Waals surface area contributed by atoms with Crippen LogP contribution >= 0.6 is 11.3 Å². The second-order valence-electron chi connectivity index (χ2n) is 3.87. The lowest BCUT2D eigenvalue weighted by Gasteiger charge is -2.09. The topological polar surface area (TPSA) is 21.3 Å². The predicted molar refractivity (Wildman–Crippen MR) is 72.0 cm³/mol. The molecule has 0 amide bonds. The first kappa shape index (κ1) is 12.3. The summed E-state index contributed by atoms with van der Waals surface area (Å²) in [7, 11) is 1.96. The van der Waals surface area contributed by atoms with Crippen molar-refractivity contribution in [1.29, 1.82) is 0 Å². The molecule has 3 heteroatoms. The highest BCUT2D eigenvalue weighted by Gasteiger charge is 2.01. The van der Waals surface area contributed by atoms with E-state index in [2.05, 4.69) is 47.1 Å². The van der Waals surface area contributed by atoms with E-state index in [1.54, 1.807) is 11.3 Å². The van der Waals surface area contributed by atoms with E-state index in [1.165, 1.54) is 16.0 Å². The Morgan fingerprint density at radius 1 is 1.06 bits per heavy atom. The average molecular weight is 247 g/mol. The molecule has 0 fully saturated rings. The lowest BCUT2D eigenvalue weighted by Crippen LogP contribution is -2.08. The zero-order valence-electron chi connectivity index (χ0n) is 9.98. The van der Waals surface area contributed by atoms with E-state index in [-0.39, 0.29) is 0 Å². The Morgan fingerprint density at radius 2 is 1.88 bits per heavy atom. The number of ether oxygens (including phenoxy) is 1. The number of hydrogen-bond acceptors (Lipinski definition) is 3. The Labute approximate surface area is 106 Å². The molecule has 0 aliphatic carbocycles. The molecule has 0 bridgehead atoms. The summed E-state index contributed by atoms with van der Waals surface area (Å²) in [6, 6.07) is 12.5. The van der Waals surface area contributed by atoms with Crippen molar-refractivity contribution >= 4 is 11.3 Å². The van der Waals surface area contributed by atoms with Crippen LogP contribution in [0.2, 0.25) is 0 Å². The Morgan fingerprint density at radius 3 is 2.59 bits per heavy atom. The average Bonchev–Trinajstić information content (AvgIpc) is 2.85. The molecule has 1 heterocycles. The van der Waals surface area contributed by atoms with Gasteiger partial charge in [-0.3, -0.25) is 0 Å². The molecule has 0 radical (unpaired) electrons. The van der Waals surface area contributed by atoms with Crippen LogP contribution in [0.3, 0.4) is 0 Å². The van der Waals surface area contributed by atoms with E-state index in [0.29, 0.717) is 13.2 Å². The van der Waals surface area contributed by atoms with Gasteiger partial charge in [0, 0.05) is 11.4 Å². The van der Waals surface area contributed by atoms with Crippen LogP contribution in [0.5, 0.6) is 0 Å². The molecule has 1 N–H and O–H groups in total. The molecule has 0 spiro atoms. The highest BCUT2D eigenvalue weighted by atomic mass is 32.1. The Kier molecular flexibility index (Phi) is 4.74. The van der Waals surface area contributed by atoms with Gasteiger partial charge in [-0.25, -0.2) is 0 Å². The van der Waals surface area contributed by atoms with Crippen LogP contribution in [0.4, 0.5) is 0 Å². The van der Waals surface area contributed by atoms with Crippen molar-refractivity contribution in [3.05, 3.63) is 57.8 Å². The largest absolute Gasteiger partial charge is 0.371 e. The lowest BCUT2D eigenvalue weighted by atomic mass is 10.1. The van der Waals surface area contributed by atoms with Crippen LogP contribution in [-0.4, -0.2) is 7.05 Å². The molecular weight excluding hydrogens is 230 g/mol. The minimum atomic E-state index is 0.676. The summed E-state index contributed by atoms with van der Waals surface area (Å²) in [5.41, 5.74) is 2.57. The maximum atomic E-state index is 5.73. The van der Waals surface area contributed by atoms with Gasteiger partial charge >= 0.3 is 0 Å². The van der Waals surface area contributed by atoms with Crippen molar-refractivity contribution < 1.29 is 4.74 Å². The summed E-state index contributed by atoms with van der Waals surface area (Å²) >= 11 is 1.74. The second-order valence-corrected chi connectivity index (χ2v) is 4.90. The SMILES string of the molecule is CNCc1ccccc1COCc1cccs1. The molecule has 0 saturated heterocycles. The number of rotatable bonds is 6. The monoisotopic (exact) mass is 247 g/mol. The van der Waals surface area contributed by atoms with Crippen LogP contribution in [-0.2, 0) is 24.5 Å². The minimum absolute atomic E-state index is 0.676. The zero-order chi connectivity index (χ0) is 11.9. The number of nitrogens with one attached hydrogen (secondary N) is 1. The van der Waals surface area contributed by atoms with Gasteiger partial charge in [-0.15, -0.1) is 11.3 Å². The van der Waals surface area contributed by atoms with E-state index in [1.807, 2.05) is 7.05 Å². The summed E-state index contributed by atoms with van der Waals surface area (Å²) in [5, 5.41) is 5.25. The first-order valence-electron chi connectivity index (χ1n) is 5.71. The minimum Gasteiger partial charge on any atom is -0.371 e. The molecule has 2 rings (SSSR count). The van der Waals surface area contributed by atoms with Gasteiger partial charge in [0.2, 0.25) is 0 Å². The fourth-order valence-corrected chi connectivity index (χ4v) is 2.36. The third-order valence-corrected chi connectivity index (χ3v) is 3.42. The summed E-state index contributed by atoms with van der Waals surface area (Å²) in [5.74, 6) is 0. The van der Waals surface area contributed by atoms with Gasteiger partial charge in [-0.1, -0.05) is 30.3 Å². The van der Waals surface area contributed by atoms with E-state index in [9.17, 15) is 0 Å². The van der Waals surface area contributed by atoms with Gasteiger partial charge in [0.25, 0.3) is 0 Å². The third kappa shape index (κ3) is 3.66. The number of thiophene rings is 1. The van der Waals surface area contributed by atoms with Gasteiger partial charge in [-0.2, -0.15) is 0 Å². The summed E-state index contributed by atoms with van der Waals surface area (Å²) in [4.78, 5) is 1.27. The molecule has 0 unspecified atom stereocenters. The second kappa shape index (κ2) is 6.55. The first-order chi connectivity index (χ1) is 8.40. The molecule has 1 aromatic heterocycles. The number of benzene rings is 1. The molecular formula is C14H17NOS. The highest BCUT2D eigenvalue weighted by Crippen LogP contribution is 2.13. The van der Waals surface area contributed by atoms with Crippen LogP contribution in [0, 0.1) is 0 Å². The quantitative estimate of drug-likeness (QED) is 0.846. The molecule has 1 aromatic carbocycles. The summed E-state index contributed by atoms with van der Waals surface area (Å²) in [6.45, 7) is 2.26. The first-order valence-corrected chi connectivity index (χ1v) is 6.59. The fourth-order valence-electron chi connectivity index (χ4n) is 1.72. The molecule has 90 valence electrons. The van der Waals surface area contributed by atoms with Gasteiger partial charge in [0.1, 0.15) is 0 Å². The van der Waals surface area contributed by atoms with Gasteiger partial charge in [0.05, 0.1) is 13.2 Å². The van der Waals surface area contributed by atoms with Crippen LogP contribution in [0.15, 0.2) is 41.8 Å². The van der Waals surface area contributed by atoms with Crippen LogP contribution in [0.25, 0.3) is 0 Å². The Bertz CT molecular complexity index is 439. The third-order valence-electron chi connectivity index (χ3n) is 2.57. The van der Waals surface area contributed by atoms with E-state index in [0.717, 1.165) is 6.54 Å². The van der Waals surface area contributed by atoms with Crippen LogP contribution < -0.4 is 5.32 Å². The van der Waals surface area contributed by atoms with Crippen molar-refractivity contribution in [2.24, 2.45) is 0 Å². The molecule has 0 aliphatic rings. The molecule has 2 nitrogen and oxygen atoms in total. The van der Waals surface area contributed by atoms with E-state index < -0.39 is 0 Å². The van der Waals surface area contributed by atoms with Crippen LogP contribution in [0.1, 0.15) is 16.0 Å². The van der Waals surface area contributed by atoms with Gasteiger partial charge in [0.15, 0.2) is 0 Å². The Hall–Kier alpha value is -1.16. The summed E-state index contributed by atoms with van der Waals surface area (Å²) < 4.78 is 5.73. The smallest absolute Gasteiger partial charge is 0.0813 e. The Balaban J connectivity index is 1.89. The lowest BCUT2D eigenvalue weighted by molar-refractivity contribution is 0.108. The van der Waals surface area contributed by atoms with Gasteiger partial charge in [-0.05, 0) is 29.6 Å². The zero-order valence-corrected chi connectivity index (χ0v) is 10.8. The fraction of sp³-hybridized carbons (Fsp3) is 0.286. The standard InChI is InChI=1S/C14H17NOS/c1-15-9-12-5-2-3-6-13(12)10-16-11-14-7-4-8-17-14/h2-8,15H,9-11H2,1H3.